The van der Waals surface area contributed by atoms with Crippen molar-refractivity contribution in [2.24, 2.45) is 0 Å². The van der Waals surface area contributed by atoms with E-state index < -0.39 is 22.3 Å². The summed E-state index contributed by atoms with van der Waals surface area (Å²) in [6.45, 7) is 0.293. The first-order chi connectivity index (χ1) is 9.99. The van der Waals surface area contributed by atoms with Gasteiger partial charge in [-0.25, -0.2) is 8.78 Å². The van der Waals surface area contributed by atoms with Crippen molar-refractivity contribution in [3.05, 3.63) is 69.3 Å². The number of nitrogens with one attached hydrogen (secondary N) is 1. The van der Waals surface area contributed by atoms with Crippen LogP contribution >= 0.6 is 0 Å². The highest BCUT2D eigenvalue weighted by Crippen LogP contribution is 2.22. The van der Waals surface area contributed by atoms with Gasteiger partial charge in [0.1, 0.15) is 0 Å². The first-order valence-corrected chi connectivity index (χ1v) is 6.09. The summed E-state index contributed by atoms with van der Waals surface area (Å²) in [6.07, 6.45) is 0. The van der Waals surface area contributed by atoms with E-state index in [-0.39, 0.29) is 18.8 Å². The number of rotatable bonds is 5. The summed E-state index contributed by atoms with van der Waals surface area (Å²) in [5.41, 5.74) is 0.747. The van der Waals surface area contributed by atoms with E-state index in [1.165, 1.54) is 6.07 Å². The van der Waals surface area contributed by atoms with E-state index in [2.05, 4.69) is 5.32 Å². The lowest BCUT2D eigenvalue weighted by Gasteiger charge is -2.07. The third-order valence-corrected chi connectivity index (χ3v) is 2.91. The summed E-state index contributed by atoms with van der Waals surface area (Å²) in [6, 6.07) is 8.23. The predicted octanol–water partition coefficient (Wildman–Crippen LogP) is 2.87. The Hall–Kier alpha value is -2.54. The van der Waals surface area contributed by atoms with Crippen LogP contribution in [0.5, 0.6) is 5.75 Å². The molecule has 0 bridgehead atoms. The van der Waals surface area contributed by atoms with Crippen molar-refractivity contribution >= 4 is 5.69 Å². The minimum atomic E-state index is -1.04. The molecule has 7 heteroatoms. The molecule has 0 saturated carbocycles. The average molecular weight is 294 g/mol. The minimum Gasteiger partial charge on any atom is -0.503 e. The molecule has 0 saturated heterocycles. The molecule has 0 spiro atoms. The van der Waals surface area contributed by atoms with Crippen LogP contribution < -0.4 is 5.32 Å². The van der Waals surface area contributed by atoms with Crippen molar-refractivity contribution in [3.8, 4) is 5.75 Å². The number of benzene rings is 2. The van der Waals surface area contributed by atoms with Crippen LogP contribution in [0.15, 0.2) is 36.4 Å². The molecule has 0 aliphatic carbocycles. The van der Waals surface area contributed by atoms with Crippen molar-refractivity contribution in [2.45, 2.75) is 13.1 Å². The molecule has 2 aromatic rings. The maximum absolute atomic E-state index is 13.2. The minimum absolute atomic E-state index is 0.0203. The lowest BCUT2D eigenvalue weighted by Crippen LogP contribution is -2.14. The Labute approximate surface area is 119 Å². The molecule has 0 atom stereocenters. The van der Waals surface area contributed by atoms with Crippen LogP contribution in [0.1, 0.15) is 11.1 Å². The van der Waals surface area contributed by atoms with Gasteiger partial charge in [0.2, 0.25) is 0 Å². The van der Waals surface area contributed by atoms with Gasteiger partial charge in [-0.2, -0.15) is 0 Å². The highest BCUT2D eigenvalue weighted by Gasteiger charge is 2.12. The molecule has 0 radical (unpaired) electrons. The number of phenols is 1. The van der Waals surface area contributed by atoms with Crippen LogP contribution in [-0.4, -0.2) is 10.0 Å². The van der Waals surface area contributed by atoms with Gasteiger partial charge in [-0.3, -0.25) is 10.1 Å². The Bertz CT molecular complexity index is 654. The monoisotopic (exact) mass is 294 g/mol. The summed E-state index contributed by atoms with van der Waals surface area (Å²) < 4.78 is 26.3. The maximum Gasteiger partial charge on any atom is 0.273 e. The number of hydrogen-bond donors (Lipinski definition) is 2. The fourth-order valence-electron chi connectivity index (χ4n) is 1.90. The Kier molecular flexibility index (Phi) is 4.44. The number of nitro groups is 1. The molecule has 0 aromatic heterocycles. The van der Waals surface area contributed by atoms with Gasteiger partial charge < -0.3 is 10.4 Å². The maximum atomic E-state index is 13.2. The predicted molar refractivity (Wildman–Crippen MR) is 71.7 cm³/mol. The van der Waals surface area contributed by atoms with Gasteiger partial charge >= 0.3 is 0 Å². The molecular weight excluding hydrogens is 282 g/mol. The molecule has 0 unspecified atom stereocenters. The van der Waals surface area contributed by atoms with Crippen LogP contribution in [-0.2, 0) is 13.1 Å². The molecule has 5 nitrogen and oxygen atoms in total. The van der Waals surface area contributed by atoms with Crippen LogP contribution in [0.3, 0.4) is 0 Å². The number of para-hydroxylation sites is 1. The van der Waals surface area contributed by atoms with Crippen molar-refractivity contribution in [1.29, 1.82) is 0 Å². The van der Waals surface area contributed by atoms with Gasteiger partial charge in [-0.05, 0) is 17.7 Å². The topological polar surface area (TPSA) is 75.4 Å². The zero-order chi connectivity index (χ0) is 15.4. The second kappa shape index (κ2) is 6.27. The van der Waals surface area contributed by atoms with E-state index in [4.69, 9.17) is 5.11 Å². The Morgan fingerprint density at radius 3 is 2.38 bits per heavy atom. The number of hydrogen-bond acceptors (Lipinski definition) is 4. The zero-order valence-corrected chi connectivity index (χ0v) is 10.8. The smallest absolute Gasteiger partial charge is 0.273 e. The molecule has 2 rings (SSSR count). The zero-order valence-electron chi connectivity index (χ0n) is 10.8. The first kappa shape index (κ1) is 14.9. The lowest BCUT2D eigenvalue weighted by atomic mass is 10.1. The van der Waals surface area contributed by atoms with E-state index in [1.807, 2.05) is 0 Å². The molecule has 0 heterocycles. The molecule has 21 heavy (non-hydrogen) atoms. The molecular formula is C14H12F2N2O3. The van der Waals surface area contributed by atoms with Gasteiger partial charge in [0.15, 0.2) is 17.4 Å². The van der Waals surface area contributed by atoms with Crippen LogP contribution in [0.25, 0.3) is 0 Å². The second-order valence-corrected chi connectivity index (χ2v) is 4.40. The van der Waals surface area contributed by atoms with Crippen LogP contribution in [0.2, 0.25) is 0 Å². The molecule has 2 aromatic carbocycles. The summed E-state index contributed by atoms with van der Waals surface area (Å²) >= 11 is 0. The summed E-state index contributed by atoms with van der Waals surface area (Å²) in [7, 11) is 0. The molecule has 0 aliphatic heterocycles. The third-order valence-electron chi connectivity index (χ3n) is 2.91. The van der Waals surface area contributed by atoms with E-state index in [9.17, 15) is 18.9 Å². The standard InChI is InChI=1S/C14H12F2N2O3/c15-11-5-9(6-12(16)14(11)19)7-17-8-10-3-1-2-4-13(10)18(20)21/h1-6,17,19H,7-8H2. The van der Waals surface area contributed by atoms with E-state index >= 15 is 0 Å². The molecule has 0 amide bonds. The highest BCUT2D eigenvalue weighted by atomic mass is 19.1. The van der Waals surface area contributed by atoms with Crippen LogP contribution in [0.4, 0.5) is 14.5 Å². The van der Waals surface area contributed by atoms with Gasteiger partial charge in [0.25, 0.3) is 5.69 Å². The van der Waals surface area contributed by atoms with Crippen LogP contribution in [0, 0.1) is 21.7 Å². The number of aromatic hydroxyl groups is 1. The third kappa shape index (κ3) is 3.51. The van der Waals surface area contributed by atoms with Gasteiger partial charge in [0, 0.05) is 24.7 Å². The van der Waals surface area contributed by atoms with Crippen molar-refractivity contribution in [1.82, 2.24) is 5.32 Å². The van der Waals surface area contributed by atoms with Crippen molar-refractivity contribution in [3.63, 3.8) is 0 Å². The number of halogens is 2. The fraction of sp³-hybridized carbons (Fsp3) is 0.143. The number of nitrogens with zero attached hydrogens (tertiary/aromatic N) is 1. The SMILES string of the molecule is O=[N+]([O-])c1ccccc1CNCc1cc(F)c(O)c(F)c1. The average Bonchev–Trinajstić information content (AvgIpc) is 2.45. The molecule has 110 valence electrons. The summed E-state index contributed by atoms with van der Waals surface area (Å²) in [5.74, 6) is -3.10. The summed E-state index contributed by atoms with van der Waals surface area (Å²) in [5, 5.41) is 22.7. The first-order valence-electron chi connectivity index (χ1n) is 6.09. The van der Waals surface area contributed by atoms with E-state index in [0.29, 0.717) is 11.1 Å². The number of nitro benzene ring substituents is 1. The van der Waals surface area contributed by atoms with Crippen molar-refractivity contribution < 1.29 is 18.8 Å². The molecule has 0 aliphatic rings. The second-order valence-electron chi connectivity index (χ2n) is 4.40. The number of phenolic OH excluding ortho intramolecular Hbond substituents is 1. The largest absolute Gasteiger partial charge is 0.503 e. The van der Waals surface area contributed by atoms with E-state index in [1.54, 1.807) is 18.2 Å². The van der Waals surface area contributed by atoms with Crippen molar-refractivity contribution in [2.75, 3.05) is 0 Å². The summed E-state index contributed by atoms with van der Waals surface area (Å²) in [4.78, 5) is 10.3. The van der Waals surface area contributed by atoms with Gasteiger partial charge in [-0.1, -0.05) is 18.2 Å². The van der Waals surface area contributed by atoms with Gasteiger partial charge in [0.05, 0.1) is 4.92 Å². The quantitative estimate of drug-likeness (QED) is 0.656. The molecule has 2 N–H and O–H groups in total. The molecule has 0 fully saturated rings. The van der Waals surface area contributed by atoms with E-state index in [0.717, 1.165) is 12.1 Å². The fourth-order valence-corrected chi connectivity index (χ4v) is 1.90. The normalized spacial score (nSPS) is 10.6. The van der Waals surface area contributed by atoms with Gasteiger partial charge in [-0.15, -0.1) is 0 Å². The Morgan fingerprint density at radius 2 is 1.76 bits per heavy atom. The highest BCUT2D eigenvalue weighted by molar-refractivity contribution is 5.39. The Morgan fingerprint density at radius 1 is 1.14 bits per heavy atom. The lowest BCUT2D eigenvalue weighted by molar-refractivity contribution is -0.385. The Balaban J connectivity index is 2.04.